The molecule has 1 heterocycles. The normalized spacial score (nSPS) is 13.0. The van der Waals surface area contributed by atoms with Crippen LogP contribution in [0.1, 0.15) is 17.6 Å². The predicted molar refractivity (Wildman–Crippen MR) is 40.6 cm³/mol. The van der Waals surface area contributed by atoms with Crippen LogP contribution in [0.5, 0.6) is 0 Å². The van der Waals surface area contributed by atoms with E-state index in [0.29, 0.717) is 0 Å². The van der Waals surface area contributed by atoms with E-state index in [1.807, 2.05) is 19.1 Å². The Bertz CT molecular complexity index is 227. The van der Waals surface area contributed by atoms with Gasteiger partial charge < -0.3 is 10.2 Å². The highest BCUT2D eigenvalue weighted by Crippen LogP contribution is 2.13. The minimum absolute atomic E-state index is 0.173. The Morgan fingerprint density at radius 2 is 2.40 bits per heavy atom. The molecule has 1 atom stereocenters. The van der Waals surface area contributed by atoms with E-state index >= 15 is 0 Å². The quantitative estimate of drug-likeness (QED) is 0.631. The molecule has 2 nitrogen and oxygen atoms in total. The molecule has 0 saturated heterocycles. The van der Waals surface area contributed by atoms with Crippen LogP contribution in [-0.4, -0.2) is 0 Å². The van der Waals surface area contributed by atoms with Gasteiger partial charge in [-0.25, -0.2) is 0 Å². The van der Waals surface area contributed by atoms with Gasteiger partial charge in [-0.1, -0.05) is 6.08 Å². The fourth-order valence-corrected chi connectivity index (χ4v) is 0.749. The molecule has 1 aromatic heterocycles. The van der Waals surface area contributed by atoms with Crippen molar-refractivity contribution in [1.29, 1.82) is 0 Å². The summed E-state index contributed by atoms with van der Waals surface area (Å²) in [6, 6.07) is 3.58. The van der Waals surface area contributed by atoms with Gasteiger partial charge in [0.25, 0.3) is 0 Å². The first kappa shape index (κ1) is 7.09. The molecule has 0 saturated carbocycles. The summed E-state index contributed by atoms with van der Waals surface area (Å²) in [5.74, 6) is 1.65. The molecule has 54 valence electrons. The lowest BCUT2D eigenvalue weighted by Crippen LogP contribution is -2.04. The fraction of sp³-hybridized carbons (Fsp3) is 0.250. The van der Waals surface area contributed by atoms with E-state index in [0.717, 1.165) is 11.5 Å². The van der Waals surface area contributed by atoms with Gasteiger partial charge in [-0.3, -0.25) is 0 Å². The number of hydrogen-bond donors (Lipinski definition) is 1. The third-order valence-corrected chi connectivity index (χ3v) is 1.34. The number of aryl methyl sites for hydroxylation is 1. The largest absolute Gasteiger partial charge is 0.464 e. The van der Waals surface area contributed by atoms with Crippen LogP contribution in [0.3, 0.4) is 0 Å². The molecule has 2 heteroatoms. The van der Waals surface area contributed by atoms with E-state index in [1.54, 1.807) is 6.08 Å². The Labute approximate surface area is 60.3 Å². The molecule has 1 aromatic rings. The molecule has 1 unspecified atom stereocenters. The maximum Gasteiger partial charge on any atom is 0.124 e. The zero-order chi connectivity index (χ0) is 7.56. The number of rotatable bonds is 2. The molecule has 0 aliphatic rings. The molecule has 1 rings (SSSR count). The first-order chi connectivity index (χ1) is 4.74. The van der Waals surface area contributed by atoms with Crippen molar-refractivity contribution in [3.63, 3.8) is 0 Å². The zero-order valence-electron chi connectivity index (χ0n) is 6.00. The van der Waals surface area contributed by atoms with Crippen LogP contribution in [0.15, 0.2) is 29.2 Å². The van der Waals surface area contributed by atoms with Crippen molar-refractivity contribution >= 4 is 0 Å². The van der Waals surface area contributed by atoms with Gasteiger partial charge in [0.05, 0.1) is 6.04 Å². The van der Waals surface area contributed by atoms with Crippen molar-refractivity contribution in [2.24, 2.45) is 5.73 Å². The van der Waals surface area contributed by atoms with Crippen LogP contribution < -0.4 is 5.73 Å². The Hall–Kier alpha value is -1.02. The SMILES string of the molecule is C=CC(N)c1ccc(C)o1. The molecule has 0 radical (unpaired) electrons. The first-order valence-electron chi connectivity index (χ1n) is 3.18. The monoisotopic (exact) mass is 137 g/mol. The molecule has 0 aliphatic carbocycles. The topological polar surface area (TPSA) is 39.2 Å². The predicted octanol–water partition coefficient (Wildman–Crippen LogP) is 1.77. The maximum atomic E-state index is 5.60. The molecular formula is C8H11NO. The lowest BCUT2D eigenvalue weighted by atomic mass is 10.2. The van der Waals surface area contributed by atoms with Gasteiger partial charge in [0, 0.05) is 0 Å². The van der Waals surface area contributed by atoms with Gasteiger partial charge in [0.2, 0.25) is 0 Å². The highest BCUT2D eigenvalue weighted by molar-refractivity contribution is 5.12. The average Bonchev–Trinajstić information content (AvgIpc) is 2.34. The Morgan fingerprint density at radius 1 is 1.70 bits per heavy atom. The smallest absolute Gasteiger partial charge is 0.124 e. The van der Waals surface area contributed by atoms with Crippen molar-refractivity contribution in [3.05, 3.63) is 36.3 Å². The second-order valence-corrected chi connectivity index (χ2v) is 2.21. The highest BCUT2D eigenvalue weighted by Gasteiger charge is 2.03. The summed E-state index contributed by atoms with van der Waals surface area (Å²) in [5.41, 5.74) is 5.60. The summed E-state index contributed by atoms with van der Waals surface area (Å²) in [6.07, 6.45) is 1.65. The van der Waals surface area contributed by atoms with Crippen molar-refractivity contribution in [2.45, 2.75) is 13.0 Å². The van der Waals surface area contributed by atoms with Gasteiger partial charge in [-0.05, 0) is 19.1 Å². The van der Waals surface area contributed by atoms with E-state index in [4.69, 9.17) is 10.2 Å². The maximum absolute atomic E-state index is 5.60. The van der Waals surface area contributed by atoms with Crippen LogP contribution in [-0.2, 0) is 0 Å². The van der Waals surface area contributed by atoms with Crippen LogP contribution >= 0.6 is 0 Å². The van der Waals surface area contributed by atoms with Gasteiger partial charge in [-0.15, -0.1) is 6.58 Å². The average molecular weight is 137 g/mol. The summed E-state index contributed by atoms with van der Waals surface area (Å²) in [7, 11) is 0. The van der Waals surface area contributed by atoms with Crippen molar-refractivity contribution < 1.29 is 4.42 Å². The molecule has 2 N–H and O–H groups in total. The molecule has 0 spiro atoms. The van der Waals surface area contributed by atoms with E-state index in [-0.39, 0.29) is 6.04 Å². The molecule has 0 aromatic carbocycles. The molecule has 0 amide bonds. The summed E-state index contributed by atoms with van der Waals surface area (Å²) < 4.78 is 5.24. The van der Waals surface area contributed by atoms with E-state index in [9.17, 15) is 0 Å². The van der Waals surface area contributed by atoms with Crippen molar-refractivity contribution in [1.82, 2.24) is 0 Å². The minimum Gasteiger partial charge on any atom is -0.464 e. The number of hydrogen-bond acceptors (Lipinski definition) is 2. The summed E-state index contributed by atoms with van der Waals surface area (Å²) in [4.78, 5) is 0. The summed E-state index contributed by atoms with van der Waals surface area (Å²) in [5, 5.41) is 0. The van der Waals surface area contributed by atoms with Crippen LogP contribution in [0.2, 0.25) is 0 Å². The zero-order valence-corrected chi connectivity index (χ0v) is 6.00. The molecule has 0 bridgehead atoms. The summed E-state index contributed by atoms with van der Waals surface area (Å²) >= 11 is 0. The van der Waals surface area contributed by atoms with Crippen molar-refractivity contribution in [2.75, 3.05) is 0 Å². The van der Waals surface area contributed by atoms with Crippen molar-refractivity contribution in [3.8, 4) is 0 Å². The van der Waals surface area contributed by atoms with Gasteiger partial charge in [0.1, 0.15) is 11.5 Å². The standard InChI is InChI=1S/C8H11NO/c1-3-7(9)8-5-4-6(2)10-8/h3-5,7H,1,9H2,2H3. The van der Waals surface area contributed by atoms with E-state index < -0.39 is 0 Å². The molecule has 10 heavy (non-hydrogen) atoms. The summed E-state index contributed by atoms with van der Waals surface area (Å²) in [6.45, 7) is 5.45. The Morgan fingerprint density at radius 3 is 2.80 bits per heavy atom. The van der Waals surface area contributed by atoms with Gasteiger partial charge >= 0.3 is 0 Å². The lowest BCUT2D eigenvalue weighted by Gasteiger charge is -1.98. The van der Waals surface area contributed by atoms with Crippen LogP contribution in [0.4, 0.5) is 0 Å². The Balaban J connectivity index is 2.84. The second-order valence-electron chi connectivity index (χ2n) is 2.21. The first-order valence-corrected chi connectivity index (χ1v) is 3.18. The van der Waals surface area contributed by atoms with E-state index in [2.05, 4.69) is 6.58 Å². The third-order valence-electron chi connectivity index (χ3n) is 1.34. The molecule has 0 aliphatic heterocycles. The van der Waals surface area contributed by atoms with Crippen LogP contribution in [0.25, 0.3) is 0 Å². The Kier molecular flexibility index (Phi) is 1.92. The van der Waals surface area contributed by atoms with Crippen LogP contribution in [0, 0.1) is 6.92 Å². The second kappa shape index (κ2) is 2.71. The number of furan rings is 1. The molecular weight excluding hydrogens is 126 g/mol. The third kappa shape index (κ3) is 1.28. The van der Waals surface area contributed by atoms with Gasteiger partial charge in [-0.2, -0.15) is 0 Å². The lowest BCUT2D eigenvalue weighted by molar-refractivity contribution is 0.470. The van der Waals surface area contributed by atoms with Gasteiger partial charge in [0.15, 0.2) is 0 Å². The minimum atomic E-state index is -0.173. The number of nitrogens with two attached hydrogens (primary N) is 1. The molecule has 0 fully saturated rings. The fourth-order valence-electron chi connectivity index (χ4n) is 0.749. The highest BCUT2D eigenvalue weighted by atomic mass is 16.3. The van der Waals surface area contributed by atoms with E-state index in [1.165, 1.54) is 0 Å².